The molecule has 1 saturated heterocycles. The number of rotatable bonds is 2. The average molecular weight is 274 g/mol. The van der Waals surface area contributed by atoms with Crippen LogP contribution in [0.3, 0.4) is 0 Å². The molecule has 1 aromatic rings. The molecular weight excluding hydrogens is 262 g/mol. The Morgan fingerprint density at radius 1 is 1.73 bits per heavy atom. The van der Waals surface area contributed by atoms with E-state index in [4.69, 9.17) is 5.11 Å². The fourth-order valence-corrected chi connectivity index (χ4v) is 2.44. The third-order valence-electron chi connectivity index (χ3n) is 2.82. The molecule has 0 bridgehead atoms. The highest BCUT2D eigenvalue weighted by atomic mass is 79.9. The Hall–Kier alpha value is -0.880. The van der Waals surface area contributed by atoms with Crippen molar-refractivity contribution < 1.29 is 9.90 Å². The van der Waals surface area contributed by atoms with Crippen LogP contribution in [0.1, 0.15) is 11.5 Å². The molecule has 1 aliphatic rings. The number of carboxylic acids is 1. The maximum atomic E-state index is 11.0. The molecule has 2 rings (SSSR count). The van der Waals surface area contributed by atoms with Crippen LogP contribution in [0.2, 0.25) is 0 Å². The van der Waals surface area contributed by atoms with E-state index in [1.165, 1.54) is 0 Å². The molecule has 0 saturated carbocycles. The third-order valence-corrected chi connectivity index (χ3v) is 3.79. The monoisotopic (exact) mass is 273 g/mol. The quantitative estimate of drug-likeness (QED) is 0.827. The number of halogens is 1. The zero-order valence-electron chi connectivity index (χ0n) is 8.27. The third kappa shape index (κ3) is 1.79. The minimum atomic E-state index is -0.749. The zero-order chi connectivity index (χ0) is 11.0. The predicted octanol–water partition coefficient (Wildman–Crippen LogP) is 0.570. The Bertz CT molecular complexity index is 391. The van der Waals surface area contributed by atoms with Crippen LogP contribution < -0.4 is 5.32 Å². The molecule has 0 radical (unpaired) electrons. The van der Waals surface area contributed by atoms with Gasteiger partial charge in [-0.3, -0.25) is 9.48 Å². The van der Waals surface area contributed by atoms with Gasteiger partial charge in [0.05, 0.1) is 12.1 Å². The van der Waals surface area contributed by atoms with E-state index < -0.39 is 5.97 Å². The lowest BCUT2D eigenvalue weighted by molar-refractivity contribution is -0.141. The van der Waals surface area contributed by atoms with E-state index in [0.717, 1.165) is 10.2 Å². The van der Waals surface area contributed by atoms with Crippen LogP contribution in [0.15, 0.2) is 10.8 Å². The topological polar surface area (TPSA) is 67.2 Å². The largest absolute Gasteiger partial charge is 0.481 e. The maximum absolute atomic E-state index is 11.0. The van der Waals surface area contributed by atoms with Crippen LogP contribution in [0.25, 0.3) is 0 Å². The van der Waals surface area contributed by atoms with Gasteiger partial charge in [0.2, 0.25) is 0 Å². The first kappa shape index (κ1) is 10.6. The van der Waals surface area contributed by atoms with Crippen LogP contribution in [0.5, 0.6) is 0 Å². The smallest absolute Gasteiger partial charge is 0.308 e. The summed E-state index contributed by atoms with van der Waals surface area (Å²) in [5.74, 6) is -1.10. The van der Waals surface area contributed by atoms with Gasteiger partial charge in [-0.2, -0.15) is 5.10 Å². The summed E-state index contributed by atoms with van der Waals surface area (Å²) >= 11 is 3.42. The van der Waals surface area contributed by atoms with E-state index in [1.807, 2.05) is 7.05 Å². The molecule has 1 aliphatic heterocycles. The van der Waals surface area contributed by atoms with Crippen molar-refractivity contribution in [1.82, 2.24) is 15.1 Å². The molecule has 1 aromatic heterocycles. The number of carbonyl (C=O) groups is 1. The summed E-state index contributed by atoms with van der Waals surface area (Å²) in [5, 5.41) is 16.3. The molecule has 0 spiro atoms. The Morgan fingerprint density at radius 2 is 2.47 bits per heavy atom. The molecule has 1 fully saturated rings. The Balaban J connectivity index is 2.30. The fourth-order valence-electron chi connectivity index (χ4n) is 1.95. The Morgan fingerprint density at radius 3 is 3.00 bits per heavy atom. The molecular formula is C9H12BrN3O2. The number of hydrogen-bond donors (Lipinski definition) is 2. The lowest BCUT2D eigenvalue weighted by atomic mass is 9.91. The van der Waals surface area contributed by atoms with Gasteiger partial charge in [0, 0.05) is 31.6 Å². The first-order chi connectivity index (χ1) is 7.11. The summed E-state index contributed by atoms with van der Waals surface area (Å²) in [5.41, 5.74) is 0.968. The van der Waals surface area contributed by atoms with Crippen molar-refractivity contribution in [2.75, 3.05) is 13.1 Å². The molecule has 5 nitrogen and oxygen atoms in total. The lowest BCUT2D eigenvalue weighted by Crippen LogP contribution is -2.21. The summed E-state index contributed by atoms with van der Waals surface area (Å²) in [7, 11) is 1.83. The van der Waals surface area contributed by atoms with Crippen LogP contribution in [0.4, 0.5) is 0 Å². The molecule has 2 N–H and O–H groups in total. The Kier molecular flexibility index (Phi) is 2.79. The highest BCUT2D eigenvalue weighted by Gasteiger charge is 2.35. The first-order valence-electron chi connectivity index (χ1n) is 4.72. The standard InChI is InChI=1S/C9H12BrN3O2/c1-13-8(10)6(4-12-13)5-2-11-3-7(5)9(14)15/h4-5,7,11H,2-3H2,1H3,(H,14,15). The zero-order valence-corrected chi connectivity index (χ0v) is 9.86. The van der Waals surface area contributed by atoms with Gasteiger partial charge in [-0.1, -0.05) is 0 Å². The summed E-state index contributed by atoms with van der Waals surface area (Å²) in [6, 6.07) is 0. The van der Waals surface area contributed by atoms with E-state index in [2.05, 4.69) is 26.3 Å². The van der Waals surface area contributed by atoms with Crippen LogP contribution in [-0.2, 0) is 11.8 Å². The number of aryl methyl sites for hydroxylation is 1. The highest BCUT2D eigenvalue weighted by Crippen LogP contribution is 2.32. The minimum absolute atomic E-state index is 0.00516. The van der Waals surface area contributed by atoms with Gasteiger partial charge >= 0.3 is 5.97 Å². The van der Waals surface area contributed by atoms with Gasteiger partial charge < -0.3 is 10.4 Å². The summed E-state index contributed by atoms with van der Waals surface area (Å²) < 4.78 is 2.56. The lowest BCUT2D eigenvalue weighted by Gasteiger charge is -2.13. The highest BCUT2D eigenvalue weighted by molar-refractivity contribution is 9.10. The molecule has 2 unspecified atom stereocenters. The molecule has 2 atom stereocenters. The van der Waals surface area contributed by atoms with E-state index in [1.54, 1.807) is 10.9 Å². The molecule has 15 heavy (non-hydrogen) atoms. The van der Waals surface area contributed by atoms with E-state index >= 15 is 0 Å². The van der Waals surface area contributed by atoms with E-state index in [0.29, 0.717) is 13.1 Å². The molecule has 0 aromatic carbocycles. The van der Waals surface area contributed by atoms with Crippen LogP contribution >= 0.6 is 15.9 Å². The number of carboxylic acid groups (broad SMARTS) is 1. The number of aromatic nitrogens is 2. The predicted molar refractivity (Wildman–Crippen MR) is 57.6 cm³/mol. The van der Waals surface area contributed by atoms with Gasteiger partial charge in [-0.25, -0.2) is 0 Å². The van der Waals surface area contributed by atoms with Crippen molar-refractivity contribution in [3.05, 3.63) is 16.4 Å². The number of hydrogen-bond acceptors (Lipinski definition) is 3. The number of nitrogens with zero attached hydrogens (tertiary/aromatic N) is 2. The number of nitrogens with one attached hydrogen (secondary N) is 1. The van der Waals surface area contributed by atoms with Gasteiger partial charge in [-0.05, 0) is 15.9 Å². The van der Waals surface area contributed by atoms with Crippen molar-refractivity contribution >= 4 is 21.9 Å². The van der Waals surface area contributed by atoms with Crippen LogP contribution in [-0.4, -0.2) is 33.9 Å². The van der Waals surface area contributed by atoms with E-state index in [-0.39, 0.29) is 11.8 Å². The molecule has 2 heterocycles. The molecule has 0 aliphatic carbocycles. The first-order valence-corrected chi connectivity index (χ1v) is 5.51. The van der Waals surface area contributed by atoms with Crippen LogP contribution in [0, 0.1) is 5.92 Å². The molecule has 6 heteroatoms. The SMILES string of the molecule is Cn1ncc(C2CNCC2C(=O)O)c1Br. The van der Waals surface area contributed by atoms with E-state index in [9.17, 15) is 4.79 Å². The normalized spacial score (nSPS) is 25.7. The van der Waals surface area contributed by atoms with Crippen molar-refractivity contribution in [1.29, 1.82) is 0 Å². The molecule has 82 valence electrons. The van der Waals surface area contributed by atoms with Crippen molar-refractivity contribution in [2.24, 2.45) is 13.0 Å². The van der Waals surface area contributed by atoms with Gasteiger partial charge in [0.25, 0.3) is 0 Å². The minimum Gasteiger partial charge on any atom is -0.481 e. The molecule has 0 amide bonds. The van der Waals surface area contributed by atoms with Gasteiger partial charge in [0.15, 0.2) is 0 Å². The average Bonchev–Trinajstić information content (AvgIpc) is 2.75. The van der Waals surface area contributed by atoms with Crippen molar-refractivity contribution in [2.45, 2.75) is 5.92 Å². The Labute approximate surface area is 95.6 Å². The van der Waals surface area contributed by atoms with Gasteiger partial charge in [-0.15, -0.1) is 0 Å². The number of aliphatic carboxylic acids is 1. The second-order valence-corrected chi connectivity index (χ2v) is 4.47. The summed E-state index contributed by atoms with van der Waals surface area (Å²) in [4.78, 5) is 11.0. The second-order valence-electron chi connectivity index (χ2n) is 3.72. The maximum Gasteiger partial charge on any atom is 0.308 e. The summed E-state index contributed by atoms with van der Waals surface area (Å²) in [6.07, 6.45) is 1.73. The van der Waals surface area contributed by atoms with Crippen molar-refractivity contribution in [3.63, 3.8) is 0 Å². The fraction of sp³-hybridized carbons (Fsp3) is 0.556. The van der Waals surface area contributed by atoms with Crippen molar-refractivity contribution in [3.8, 4) is 0 Å². The van der Waals surface area contributed by atoms with Gasteiger partial charge in [0.1, 0.15) is 4.60 Å². The second kappa shape index (κ2) is 3.94. The summed E-state index contributed by atoms with van der Waals surface area (Å²) in [6.45, 7) is 1.22.